The zero-order valence-electron chi connectivity index (χ0n) is 23.4. The Hall–Kier alpha value is -6.14. The molecule has 0 aliphatic carbocycles. The van der Waals surface area contributed by atoms with Gasteiger partial charge in [0.2, 0.25) is 0 Å². The number of aromatic nitrogens is 5. The molecule has 0 spiro atoms. The Morgan fingerprint density at radius 2 is 1.18 bits per heavy atom. The fourth-order valence-corrected chi connectivity index (χ4v) is 6.16. The molecular weight excluding hydrogens is 542 g/mol. The minimum Gasteiger partial charge on any atom is -0.456 e. The first-order valence-corrected chi connectivity index (χ1v) is 14.5. The Balaban J connectivity index is 1.36. The first kappa shape index (κ1) is 24.5. The van der Waals surface area contributed by atoms with Crippen molar-refractivity contribution >= 4 is 43.7 Å². The third-order valence-electron chi connectivity index (χ3n) is 8.20. The van der Waals surface area contributed by atoms with Crippen LogP contribution in [-0.2, 0) is 0 Å². The lowest BCUT2D eigenvalue weighted by Crippen LogP contribution is -2.04. The highest BCUT2D eigenvalue weighted by molar-refractivity contribution is 6.17. The summed E-state index contributed by atoms with van der Waals surface area (Å²) in [7, 11) is 0. The highest BCUT2D eigenvalue weighted by Gasteiger charge is 2.21. The van der Waals surface area contributed by atoms with E-state index in [1.165, 1.54) is 0 Å². The molecular formula is C38H23N5O. The van der Waals surface area contributed by atoms with Gasteiger partial charge in [-0.05, 0) is 35.9 Å². The summed E-state index contributed by atoms with van der Waals surface area (Å²) in [6, 6.07) is 43.3. The average Bonchev–Trinajstić information content (AvgIpc) is 3.62. The summed E-state index contributed by atoms with van der Waals surface area (Å²) in [6.45, 7) is 0. The van der Waals surface area contributed by atoms with Crippen molar-refractivity contribution in [1.29, 1.82) is 0 Å². The van der Waals surface area contributed by atoms with Crippen molar-refractivity contribution in [3.8, 4) is 39.7 Å². The Labute approximate surface area is 251 Å². The molecule has 6 heteroatoms. The number of para-hydroxylation sites is 2. The molecule has 0 atom stereocenters. The quantitative estimate of drug-likeness (QED) is 0.213. The van der Waals surface area contributed by atoms with E-state index in [1.807, 2.05) is 72.9 Å². The summed E-state index contributed by atoms with van der Waals surface area (Å²) in [4.78, 5) is 19.3. The van der Waals surface area contributed by atoms with E-state index >= 15 is 0 Å². The number of rotatable bonds is 4. The maximum absolute atomic E-state index is 6.29. The molecule has 0 N–H and O–H groups in total. The van der Waals surface area contributed by atoms with E-state index in [9.17, 15) is 0 Å². The van der Waals surface area contributed by atoms with Crippen LogP contribution < -0.4 is 0 Å². The monoisotopic (exact) mass is 565 g/mol. The van der Waals surface area contributed by atoms with Gasteiger partial charge in [-0.1, -0.05) is 97.1 Å². The van der Waals surface area contributed by atoms with Crippen molar-refractivity contribution in [2.75, 3.05) is 0 Å². The molecule has 0 bridgehead atoms. The van der Waals surface area contributed by atoms with Gasteiger partial charge in [0.25, 0.3) is 0 Å². The Morgan fingerprint density at radius 3 is 2.02 bits per heavy atom. The van der Waals surface area contributed by atoms with Crippen LogP contribution in [0.1, 0.15) is 0 Å². The molecule has 206 valence electrons. The SMILES string of the molecule is c1ccc(-c2cnc(-n3c4ccccc4c4cc5oc6ccccc6c5cc43)c(-c3ncnc(-c4ccccc4)n3)c2)cc1. The van der Waals surface area contributed by atoms with Crippen LogP contribution in [0.4, 0.5) is 0 Å². The fraction of sp³-hybridized carbons (Fsp3) is 0. The summed E-state index contributed by atoms with van der Waals surface area (Å²) >= 11 is 0. The molecule has 0 radical (unpaired) electrons. The maximum atomic E-state index is 6.29. The van der Waals surface area contributed by atoms with Gasteiger partial charge in [0.15, 0.2) is 11.6 Å². The third kappa shape index (κ3) is 3.82. The molecule has 5 aromatic carbocycles. The van der Waals surface area contributed by atoms with Crippen molar-refractivity contribution in [3.05, 3.63) is 140 Å². The molecule has 4 heterocycles. The Bertz CT molecular complexity index is 2500. The van der Waals surface area contributed by atoms with Crippen molar-refractivity contribution < 1.29 is 4.42 Å². The van der Waals surface area contributed by atoms with E-state index < -0.39 is 0 Å². The van der Waals surface area contributed by atoms with E-state index in [-0.39, 0.29) is 0 Å². The van der Waals surface area contributed by atoms with Crippen LogP contribution in [0.5, 0.6) is 0 Å². The van der Waals surface area contributed by atoms with Crippen LogP contribution in [0.3, 0.4) is 0 Å². The molecule has 0 unspecified atom stereocenters. The number of hydrogen-bond acceptors (Lipinski definition) is 5. The second-order valence-electron chi connectivity index (χ2n) is 10.8. The lowest BCUT2D eigenvalue weighted by atomic mass is 10.0. The Morgan fingerprint density at radius 1 is 0.477 bits per heavy atom. The number of nitrogens with zero attached hydrogens (tertiary/aromatic N) is 5. The van der Waals surface area contributed by atoms with Gasteiger partial charge in [0.05, 0.1) is 16.6 Å². The number of pyridine rings is 1. The topological polar surface area (TPSA) is 69.6 Å². The van der Waals surface area contributed by atoms with Gasteiger partial charge < -0.3 is 4.42 Å². The normalized spacial score (nSPS) is 11.6. The summed E-state index contributed by atoms with van der Waals surface area (Å²) in [5.74, 6) is 1.91. The number of hydrogen-bond donors (Lipinski definition) is 0. The standard InChI is InChI=1S/C38H23N5O/c1-3-11-24(12-4-1)26-19-31(37-41-23-40-36(42-37)25-13-5-2-6-14-25)38(39-22-26)43-32-17-9-7-15-27(32)29-21-35-30(20-33(29)43)28-16-8-10-18-34(28)44-35/h1-23H. The second-order valence-corrected chi connectivity index (χ2v) is 10.8. The molecule has 9 rings (SSSR count). The summed E-state index contributed by atoms with van der Waals surface area (Å²) < 4.78 is 8.51. The average molecular weight is 566 g/mol. The predicted molar refractivity (Wildman–Crippen MR) is 176 cm³/mol. The van der Waals surface area contributed by atoms with Crippen molar-refractivity contribution in [1.82, 2.24) is 24.5 Å². The summed E-state index contributed by atoms with van der Waals surface area (Å²) in [6.07, 6.45) is 3.51. The summed E-state index contributed by atoms with van der Waals surface area (Å²) in [5.41, 5.74) is 7.59. The highest BCUT2D eigenvalue weighted by Crippen LogP contribution is 2.40. The lowest BCUT2D eigenvalue weighted by Gasteiger charge is -2.14. The van der Waals surface area contributed by atoms with E-state index in [0.717, 1.165) is 71.8 Å². The van der Waals surface area contributed by atoms with Crippen LogP contribution in [0.2, 0.25) is 0 Å². The van der Waals surface area contributed by atoms with E-state index in [4.69, 9.17) is 19.4 Å². The van der Waals surface area contributed by atoms with E-state index in [0.29, 0.717) is 11.6 Å². The molecule has 44 heavy (non-hydrogen) atoms. The Kier molecular flexibility index (Phi) is 5.40. The highest BCUT2D eigenvalue weighted by atomic mass is 16.3. The zero-order valence-corrected chi connectivity index (χ0v) is 23.4. The molecule has 0 saturated carbocycles. The summed E-state index contributed by atoms with van der Waals surface area (Å²) in [5, 5.41) is 4.35. The molecule has 0 fully saturated rings. The molecule has 0 aliphatic rings. The molecule has 0 saturated heterocycles. The predicted octanol–water partition coefficient (Wildman–Crippen LogP) is 9.26. The van der Waals surface area contributed by atoms with Gasteiger partial charge in [-0.2, -0.15) is 0 Å². The van der Waals surface area contributed by atoms with Gasteiger partial charge in [-0.3, -0.25) is 4.57 Å². The fourth-order valence-electron chi connectivity index (χ4n) is 6.16. The second kappa shape index (κ2) is 9.71. The van der Waals surface area contributed by atoms with Crippen LogP contribution in [0.15, 0.2) is 144 Å². The van der Waals surface area contributed by atoms with Gasteiger partial charge in [-0.15, -0.1) is 0 Å². The zero-order chi connectivity index (χ0) is 29.0. The number of furan rings is 1. The molecule has 6 nitrogen and oxygen atoms in total. The maximum Gasteiger partial charge on any atom is 0.167 e. The first-order chi connectivity index (χ1) is 21.8. The van der Waals surface area contributed by atoms with Crippen molar-refractivity contribution in [3.63, 3.8) is 0 Å². The van der Waals surface area contributed by atoms with Crippen molar-refractivity contribution in [2.24, 2.45) is 0 Å². The largest absolute Gasteiger partial charge is 0.456 e. The van der Waals surface area contributed by atoms with Crippen molar-refractivity contribution in [2.45, 2.75) is 0 Å². The van der Waals surface area contributed by atoms with Gasteiger partial charge >= 0.3 is 0 Å². The first-order valence-electron chi connectivity index (χ1n) is 14.5. The minimum absolute atomic E-state index is 0.555. The van der Waals surface area contributed by atoms with Crippen LogP contribution in [0.25, 0.3) is 83.5 Å². The number of fused-ring (bicyclic) bond motifs is 6. The van der Waals surface area contributed by atoms with E-state index in [1.54, 1.807) is 6.33 Å². The third-order valence-corrected chi connectivity index (χ3v) is 8.20. The van der Waals surface area contributed by atoms with Gasteiger partial charge in [0.1, 0.15) is 23.3 Å². The van der Waals surface area contributed by atoms with Gasteiger partial charge in [0, 0.05) is 38.9 Å². The van der Waals surface area contributed by atoms with Gasteiger partial charge in [-0.25, -0.2) is 19.9 Å². The van der Waals surface area contributed by atoms with Crippen LogP contribution in [0, 0.1) is 0 Å². The number of benzene rings is 5. The van der Waals surface area contributed by atoms with Crippen LogP contribution >= 0.6 is 0 Å². The lowest BCUT2D eigenvalue weighted by molar-refractivity contribution is 0.669. The van der Waals surface area contributed by atoms with Crippen LogP contribution in [-0.4, -0.2) is 24.5 Å². The molecule has 9 aromatic rings. The van der Waals surface area contributed by atoms with E-state index in [2.05, 4.69) is 70.2 Å². The molecule has 0 amide bonds. The molecule has 0 aliphatic heterocycles. The molecule has 4 aromatic heterocycles. The smallest absolute Gasteiger partial charge is 0.167 e. The minimum atomic E-state index is 0.555.